The molecule has 1 atom stereocenters. The minimum Gasteiger partial charge on any atom is -0.423 e. The van der Waals surface area contributed by atoms with Gasteiger partial charge in [-0.25, -0.2) is 4.79 Å². The molecule has 96 valence electrons. The molecule has 4 nitrogen and oxygen atoms in total. The van der Waals surface area contributed by atoms with Crippen molar-refractivity contribution >= 4 is 11.8 Å². The Labute approximate surface area is 105 Å². The summed E-state index contributed by atoms with van der Waals surface area (Å²) < 4.78 is 4.91. The number of hydrogen-bond acceptors (Lipinski definition) is 4. The van der Waals surface area contributed by atoms with E-state index < -0.39 is 11.6 Å². The van der Waals surface area contributed by atoms with E-state index >= 15 is 0 Å². The quantitative estimate of drug-likeness (QED) is 0.716. The summed E-state index contributed by atoms with van der Waals surface area (Å²) in [6.07, 6.45) is 7.94. The molecule has 1 fully saturated rings. The number of fused-ring (bicyclic) bond motifs is 1. The maximum Gasteiger partial charge on any atom is 0.336 e. The zero-order valence-electron chi connectivity index (χ0n) is 10.1. The molecular weight excluding hydrogens is 232 g/mol. The van der Waals surface area contributed by atoms with Gasteiger partial charge in [-0.05, 0) is 18.8 Å². The van der Waals surface area contributed by atoms with E-state index in [1.54, 1.807) is 0 Å². The van der Waals surface area contributed by atoms with Crippen LogP contribution in [0.4, 0.5) is 0 Å². The highest BCUT2D eigenvalue weighted by Crippen LogP contribution is 2.42. The van der Waals surface area contributed by atoms with Crippen LogP contribution in [-0.2, 0) is 14.3 Å². The van der Waals surface area contributed by atoms with E-state index in [4.69, 9.17) is 4.74 Å². The van der Waals surface area contributed by atoms with E-state index in [0.29, 0.717) is 11.3 Å². The van der Waals surface area contributed by atoms with E-state index in [0.717, 1.165) is 25.7 Å². The number of aliphatic hydroxyl groups is 1. The fourth-order valence-electron chi connectivity index (χ4n) is 3.22. The van der Waals surface area contributed by atoms with Crippen molar-refractivity contribution < 1.29 is 19.4 Å². The molecule has 18 heavy (non-hydrogen) atoms. The van der Waals surface area contributed by atoms with Gasteiger partial charge in [0.2, 0.25) is 0 Å². The van der Waals surface area contributed by atoms with Gasteiger partial charge < -0.3 is 9.84 Å². The minimum atomic E-state index is -1.33. The summed E-state index contributed by atoms with van der Waals surface area (Å²) in [6.45, 7) is 0. The Kier molecular flexibility index (Phi) is 2.63. The molecule has 1 saturated carbocycles. The maximum atomic E-state index is 12.1. The van der Waals surface area contributed by atoms with Gasteiger partial charge in [-0.15, -0.1) is 0 Å². The maximum absolute atomic E-state index is 12.1. The number of allylic oxidation sites excluding steroid dienone is 1. The van der Waals surface area contributed by atoms with Crippen molar-refractivity contribution in [3.8, 4) is 0 Å². The Hall–Kier alpha value is -1.42. The molecule has 1 heterocycles. The molecule has 0 aromatic rings. The topological polar surface area (TPSA) is 63.6 Å². The molecule has 0 bridgehead atoms. The molecule has 0 aromatic carbocycles. The van der Waals surface area contributed by atoms with Crippen LogP contribution in [0.15, 0.2) is 23.5 Å². The number of rotatable bonds is 1. The lowest BCUT2D eigenvalue weighted by molar-refractivity contribution is -0.141. The van der Waals surface area contributed by atoms with Crippen LogP contribution in [0.3, 0.4) is 0 Å². The van der Waals surface area contributed by atoms with Crippen molar-refractivity contribution in [3.05, 3.63) is 23.5 Å². The van der Waals surface area contributed by atoms with Gasteiger partial charge in [-0.1, -0.05) is 19.3 Å². The second-order valence-corrected chi connectivity index (χ2v) is 5.40. The lowest BCUT2D eigenvalue weighted by atomic mass is 9.69. The van der Waals surface area contributed by atoms with Crippen LogP contribution >= 0.6 is 0 Å². The lowest BCUT2D eigenvalue weighted by Crippen LogP contribution is -2.48. The molecule has 1 aliphatic heterocycles. The summed E-state index contributed by atoms with van der Waals surface area (Å²) in [5.74, 6) is -0.424. The summed E-state index contributed by atoms with van der Waals surface area (Å²) in [6, 6.07) is 0. The number of ether oxygens (including phenoxy) is 1. The number of ketones is 1. The first kappa shape index (κ1) is 11.7. The third kappa shape index (κ3) is 1.72. The molecule has 1 N–H and O–H groups in total. The molecule has 0 spiro atoms. The molecule has 4 heteroatoms. The minimum absolute atomic E-state index is 0.00755. The van der Waals surface area contributed by atoms with Crippen LogP contribution in [0.2, 0.25) is 0 Å². The van der Waals surface area contributed by atoms with E-state index in [2.05, 4.69) is 0 Å². The predicted molar refractivity (Wildman–Crippen MR) is 63.4 cm³/mol. The van der Waals surface area contributed by atoms with Gasteiger partial charge in [0.05, 0.1) is 0 Å². The van der Waals surface area contributed by atoms with Gasteiger partial charge in [0.1, 0.15) is 11.4 Å². The third-order valence-corrected chi connectivity index (χ3v) is 4.25. The van der Waals surface area contributed by atoms with Crippen molar-refractivity contribution in [2.24, 2.45) is 5.92 Å². The Morgan fingerprint density at radius 3 is 2.61 bits per heavy atom. The fraction of sp³-hybridized carbons (Fsp3) is 0.571. The normalized spacial score (nSPS) is 32.7. The van der Waals surface area contributed by atoms with Crippen molar-refractivity contribution in [2.45, 2.75) is 44.1 Å². The molecule has 0 amide bonds. The van der Waals surface area contributed by atoms with Crippen LogP contribution in [0.25, 0.3) is 0 Å². The summed E-state index contributed by atoms with van der Waals surface area (Å²) in [4.78, 5) is 23.3. The van der Waals surface area contributed by atoms with Crippen molar-refractivity contribution in [1.29, 1.82) is 0 Å². The van der Waals surface area contributed by atoms with Crippen molar-refractivity contribution in [3.63, 3.8) is 0 Å². The zero-order valence-corrected chi connectivity index (χ0v) is 10.1. The molecule has 0 saturated heterocycles. The highest BCUT2D eigenvalue weighted by molar-refractivity contribution is 6.02. The summed E-state index contributed by atoms with van der Waals surface area (Å²) in [5.41, 5.74) is -0.670. The van der Waals surface area contributed by atoms with Crippen LogP contribution in [0, 0.1) is 5.92 Å². The highest BCUT2D eigenvalue weighted by atomic mass is 16.5. The molecular formula is C14H16O4. The largest absolute Gasteiger partial charge is 0.423 e. The van der Waals surface area contributed by atoms with Gasteiger partial charge in [-0.3, -0.25) is 4.79 Å². The first-order valence-corrected chi connectivity index (χ1v) is 6.51. The molecule has 1 unspecified atom stereocenters. The lowest BCUT2D eigenvalue weighted by Gasteiger charge is -2.38. The van der Waals surface area contributed by atoms with E-state index in [1.807, 2.05) is 0 Å². The Morgan fingerprint density at radius 1 is 1.17 bits per heavy atom. The Morgan fingerprint density at radius 2 is 1.89 bits per heavy atom. The van der Waals surface area contributed by atoms with Crippen molar-refractivity contribution in [2.75, 3.05) is 0 Å². The van der Waals surface area contributed by atoms with Crippen LogP contribution < -0.4 is 0 Å². The first-order chi connectivity index (χ1) is 8.59. The van der Waals surface area contributed by atoms with Gasteiger partial charge in [0.15, 0.2) is 5.78 Å². The predicted octanol–water partition coefficient (Wildman–Crippen LogP) is 1.64. The molecule has 2 aliphatic carbocycles. The smallest absolute Gasteiger partial charge is 0.336 e. The summed E-state index contributed by atoms with van der Waals surface area (Å²) in [5, 5.41) is 10.7. The fourth-order valence-corrected chi connectivity index (χ4v) is 3.22. The van der Waals surface area contributed by atoms with E-state index in [9.17, 15) is 14.7 Å². The summed E-state index contributed by atoms with van der Waals surface area (Å²) in [7, 11) is 0. The Balaban J connectivity index is 1.91. The molecule has 0 aromatic heterocycles. The molecule has 0 radical (unpaired) electrons. The van der Waals surface area contributed by atoms with Crippen molar-refractivity contribution in [1.82, 2.24) is 0 Å². The standard InChI is InChI=1S/C14H16O4/c15-12-7-11-9(6-13(16)18-11)8-14(12,17)10-4-2-1-3-5-10/h6-7,10,17H,1-5,8H2. The molecule has 3 aliphatic rings. The molecule has 3 rings (SSSR count). The van der Waals surface area contributed by atoms with Crippen LogP contribution in [-0.4, -0.2) is 22.5 Å². The van der Waals surface area contributed by atoms with Gasteiger partial charge >= 0.3 is 5.97 Å². The number of carbonyl (C=O) groups is 2. The number of hydrogen-bond donors (Lipinski definition) is 1. The second-order valence-electron chi connectivity index (χ2n) is 5.40. The van der Waals surface area contributed by atoms with Gasteiger partial charge in [0, 0.05) is 24.1 Å². The average Bonchev–Trinajstić information content (AvgIpc) is 2.70. The SMILES string of the molecule is O=C1C=C2CC(O)(C3CCCCC3)C(=O)C=C2O1. The number of esters is 1. The van der Waals surface area contributed by atoms with Crippen LogP contribution in [0.5, 0.6) is 0 Å². The first-order valence-electron chi connectivity index (χ1n) is 6.51. The van der Waals surface area contributed by atoms with Crippen LogP contribution in [0.1, 0.15) is 38.5 Å². The highest BCUT2D eigenvalue weighted by Gasteiger charge is 2.47. The van der Waals surface area contributed by atoms with Gasteiger partial charge in [0.25, 0.3) is 0 Å². The Bertz CT molecular complexity index is 468. The average molecular weight is 248 g/mol. The summed E-state index contributed by atoms with van der Waals surface area (Å²) >= 11 is 0. The zero-order chi connectivity index (χ0) is 12.8. The monoisotopic (exact) mass is 248 g/mol. The van der Waals surface area contributed by atoms with E-state index in [-0.39, 0.29) is 18.1 Å². The number of carbonyl (C=O) groups excluding carboxylic acids is 2. The third-order valence-electron chi connectivity index (χ3n) is 4.25. The van der Waals surface area contributed by atoms with E-state index in [1.165, 1.54) is 18.6 Å². The van der Waals surface area contributed by atoms with Gasteiger partial charge in [-0.2, -0.15) is 0 Å². The second kappa shape index (κ2) is 4.05.